The molecule has 5 rings (SSSR count). The molecule has 0 fully saturated rings. The van der Waals surface area contributed by atoms with Gasteiger partial charge in [0.05, 0.1) is 16.4 Å². The number of fused-ring (bicyclic) bond motifs is 1. The van der Waals surface area contributed by atoms with Crippen molar-refractivity contribution in [3.8, 4) is 17.2 Å². The molecular formula is C32H29BrClF4N5O5. The molecule has 10 nitrogen and oxygen atoms in total. The van der Waals surface area contributed by atoms with E-state index in [1.165, 1.54) is 52.5 Å². The fraction of sp³-hybridized carbons (Fsp3) is 0.281. The maximum Gasteiger partial charge on any atom is 0.422 e. The number of primary amides is 1. The van der Waals surface area contributed by atoms with E-state index in [-0.39, 0.29) is 48.1 Å². The summed E-state index contributed by atoms with van der Waals surface area (Å²) < 4.78 is 66.4. The monoisotopic (exact) mass is 753 g/mol. The van der Waals surface area contributed by atoms with Crippen LogP contribution in [0, 0.1) is 5.82 Å². The number of hydrogen-bond donors (Lipinski definition) is 2. The van der Waals surface area contributed by atoms with Crippen LogP contribution in [0.3, 0.4) is 0 Å². The molecule has 0 spiro atoms. The van der Waals surface area contributed by atoms with Gasteiger partial charge in [-0.05, 0) is 70.9 Å². The highest BCUT2D eigenvalue weighted by Crippen LogP contribution is 2.27. The Kier molecular flexibility index (Phi) is 10.5. The van der Waals surface area contributed by atoms with Crippen molar-refractivity contribution in [2.75, 3.05) is 13.2 Å². The number of amides is 2. The lowest BCUT2D eigenvalue weighted by molar-refractivity contribution is -0.153. The minimum atomic E-state index is -4.54. The Bertz CT molecular complexity index is 1900. The Hall–Kier alpha value is -4.34. The number of imidazole rings is 1. The Morgan fingerprint density at radius 3 is 2.42 bits per heavy atom. The normalized spacial score (nSPS) is 13.9. The smallest absolute Gasteiger partial charge is 0.422 e. The summed E-state index contributed by atoms with van der Waals surface area (Å²) in [5.74, 6) is -2.13. The van der Waals surface area contributed by atoms with E-state index in [4.69, 9.17) is 26.8 Å². The van der Waals surface area contributed by atoms with Gasteiger partial charge in [-0.1, -0.05) is 23.7 Å². The zero-order valence-electron chi connectivity index (χ0n) is 25.3. The second-order valence-electron chi connectivity index (χ2n) is 11.0. The van der Waals surface area contributed by atoms with Crippen molar-refractivity contribution in [1.82, 2.24) is 19.4 Å². The first-order valence-electron chi connectivity index (χ1n) is 14.5. The molecule has 2 amide bonds. The van der Waals surface area contributed by atoms with Gasteiger partial charge in [0.1, 0.15) is 23.0 Å². The standard InChI is InChI=1S/C32H29BrClF4N5O5/c1-18(29(39)44)48-23-6-3-20(26(35)13-23)14-40-30(45)28-27-16-41(15-19-2-9-24(33)25(34)12-19)10-11-42(27)31(46)43(28)21-4-7-22(8-5-21)47-17-32(36,37)38/h2-9,12-13,18H,10-11,14-17H2,1H3,(H2,39,44)(H,40,45). The molecule has 3 aromatic carbocycles. The predicted molar refractivity (Wildman–Crippen MR) is 172 cm³/mol. The molecule has 0 aliphatic carbocycles. The molecule has 1 aliphatic heterocycles. The molecule has 254 valence electrons. The molecule has 3 N–H and O–H groups in total. The Morgan fingerprint density at radius 2 is 1.77 bits per heavy atom. The molecule has 1 unspecified atom stereocenters. The molecule has 48 heavy (non-hydrogen) atoms. The van der Waals surface area contributed by atoms with Crippen LogP contribution in [0.4, 0.5) is 17.6 Å². The largest absolute Gasteiger partial charge is 0.484 e. The first-order valence-corrected chi connectivity index (χ1v) is 15.7. The number of carbonyl (C=O) groups is 2. The number of nitrogens with two attached hydrogens (primary N) is 1. The van der Waals surface area contributed by atoms with Gasteiger partial charge >= 0.3 is 11.9 Å². The second-order valence-corrected chi connectivity index (χ2v) is 12.3. The summed E-state index contributed by atoms with van der Waals surface area (Å²) in [6, 6.07) is 14.7. The highest BCUT2D eigenvalue weighted by molar-refractivity contribution is 9.10. The van der Waals surface area contributed by atoms with Crippen molar-refractivity contribution in [3.05, 3.63) is 109 Å². The van der Waals surface area contributed by atoms with Gasteiger partial charge in [0.2, 0.25) is 0 Å². The number of hydrogen-bond acceptors (Lipinski definition) is 6. The first kappa shape index (κ1) is 35.0. The van der Waals surface area contributed by atoms with E-state index in [0.29, 0.717) is 23.8 Å². The van der Waals surface area contributed by atoms with Crippen molar-refractivity contribution in [2.24, 2.45) is 5.73 Å². The van der Waals surface area contributed by atoms with Gasteiger partial charge < -0.3 is 20.5 Å². The van der Waals surface area contributed by atoms with Gasteiger partial charge in [-0.15, -0.1) is 0 Å². The van der Waals surface area contributed by atoms with Gasteiger partial charge in [0.15, 0.2) is 12.7 Å². The third kappa shape index (κ3) is 8.20. The lowest BCUT2D eigenvalue weighted by atomic mass is 10.1. The molecule has 0 bridgehead atoms. The molecule has 16 heteroatoms. The maximum absolute atomic E-state index is 15.0. The van der Waals surface area contributed by atoms with E-state index in [1.54, 1.807) is 0 Å². The molecular weight excluding hydrogens is 726 g/mol. The van der Waals surface area contributed by atoms with Crippen LogP contribution in [0.5, 0.6) is 11.5 Å². The number of nitrogens with one attached hydrogen (secondary N) is 1. The van der Waals surface area contributed by atoms with Crippen LogP contribution >= 0.6 is 27.5 Å². The van der Waals surface area contributed by atoms with Crippen LogP contribution in [0.15, 0.2) is 69.9 Å². The lowest BCUT2D eigenvalue weighted by Gasteiger charge is -2.28. The fourth-order valence-electron chi connectivity index (χ4n) is 5.14. The van der Waals surface area contributed by atoms with E-state index >= 15 is 0 Å². The molecule has 0 radical (unpaired) electrons. The average molecular weight is 755 g/mol. The molecule has 2 heterocycles. The van der Waals surface area contributed by atoms with Crippen molar-refractivity contribution < 1.29 is 36.6 Å². The molecule has 4 aromatic rings. The number of halogens is 6. The first-order chi connectivity index (χ1) is 22.7. The molecule has 1 aromatic heterocycles. The maximum atomic E-state index is 15.0. The van der Waals surface area contributed by atoms with Gasteiger partial charge in [0, 0.05) is 48.8 Å². The zero-order chi connectivity index (χ0) is 34.7. The zero-order valence-corrected chi connectivity index (χ0v) is 27.7. The number of carbonyl (C=O) groups excluding carboxylic acids is 2. The number of benzene rings is 3. The number of ether oxygens (including phenoxy) is 2. The highest BCUT2D eigenvalue weighted by Gasteiger charge is 2.31. The van der Waals surface area contributed by atoms with Crippen molar-refractivity contribution in [2.45, 2.75) is 45.4 Å². The summed E-state index contributed by atoms with van der Waals surface area (Å²) in [6.45, 7) is 1.05. The molecule has 0 saturated carbocycles. The summed E-state index contributed by atoms with van der Waals surface area (Å²) in [4.78, 5) is 40.9. The Balaban J connectivity index is 1.44. The van der Waals surface area contributed by atoms with Crippen molar-refractivity contribution in [1.29, 1.82) is 0 Å². The average Bonchev–Trinajstić information content (AvgIpc) is 3.32. The summed E-state index contributed by atoms with van der Waals surface area (Å²) in [7, 11) is 0. The Labute approximate surface area is 285 Å². The second kappa shape index (κ2) is 14.4. The van der Waals surface area contributed by atoms with Crippen LogP contribution in [0.1, 0.15) is 34.2 Å². The van der Waals surface area contributed by atoms with E-state index in [0.717, 1.165) is 16.1 Å². The predicted octanol–water partition coefficient (Wildman–Crippen LogP) is 5.33. The number of nitrogens with zero attached hydrogens (tertiary/aromatic N) is 3. The SMILES string of the molecule is CC(Oc1ccc(CNC(=O)c2c3n(c(=O)n2-c2ccc(OCC(F)(F)F)cc2)CCN(Cc2ccc(Br)c(Cl)c2)C3)c(F)c1)C(N)=O. The topological polar surface area (TPSA) is 121 Å². The van der Waals surface area contributed by atoms with E-state index < -0.39 is 42.2 Å². The lowest BCUT2D eigenvalue weighted by Crippen LogP contribution is -2.37. The minimum Gasteiger partial charge on any atom is -0.484 e. The van der Waals surface area contributed by atoms with Gasteiger partial charge in [-0.25, -0.2) is 9.18 Å². The van der Waals surface area contributed by atoms with Crippen LogP contribution < -0.4 is 26.2 Å². The summed E-state index contributed by atoms with van der Waals surface area (Å²) in [6.07, 6.45) is -5.52. The summed E-state index contributed by atoms with van der Waals surface area (Å²) >= 11 is 9.65. The minimum absolute atomic E-state index is 0.0156. The van der Waals surface area contributed by atoms with E-state index in [1.807, 2.05) is 23.1 Å². The molecule has 1 aliphatic rings. The van der Waals surface area contributed by atoms with Crippen molar-refractivity contribution >= 4 is 39.3 Å². The van der Waals surface area contributed by atoms with E-state index in [2.05, 4.69) is 21.2 Å². The van der Waals surface area contributed by atoms with Gasteiger partial charge in [-0.3, -0.25) is 23.6 Å². The quantitative estimate of drug-likeness (QED) is 0.200. The van der Waals surface area contributed by atoms with E-state index in [9.17, 15) is 31.9 Å². The van der Waals surface area contributed by atoms with Gasteiger partial charge in [0.25, 0.3) is 11.8 Å². The third-order valence-corrected chi connectivity index (χ3v) is 8.77. The molecule has 0 saturated heterocycles. The third-order valence-electron chi connectivity index (χ3n) is 7.54. The highest BCUT2D eigenvalue weighted by atomic mass is 79.9. The summed E-state index contributed by atoms with van der Waals surface area (Å²) in [5.41, 5.74) is 6.28. The fourth-order valence-corrected chi connectivity index (χ4v) is 5.59. The number of alkyl halides is 3. The van der Waals surface area contributed by atoms with Gasteiger partial charge in [-0.2, -0.15) is 13.2 Å². The van der Waals surface area contributed by atoms with Crippen LogP contribution in [-0.4, -0.2) is 51.3 Å². The summed E-state index contributed by atoms with van der Waals surface area (Å²) in [5, 5.41) is 3.21. The molecule has 1 atom stereocenters. The van der Waals surface area contributed by atoms with Crippen LogP contribution in [0.2, 0.25) is 5.02 Å². The Morgan fingerprint density at radius 1 is 1.06 bits per heavy atom. The number of aromatic nitrogens is 2. The number of rotatable bonds is 11. The van der Waals surface area contributed by atoms with Crippen molar-refractivity contribution in [3.63, 3.8) is 0 Å². The van der Waals surface area contributed by atoms with Crippen LogP contribution in [-0.2, 0) is 31.0 Å². The van der Waals surface area contributed by atoms with Crippen LogP contribution in [0.25, 0.3) is 5.69 Å².